The van der Waals surface area contributed by atoms with Crippen molar-refractivity contribution < 1.29 is 53.6 Å². The summed E-state index contributed by atoms with van der Waals surface area (Å²) in [4.78, 5) is 0. The molecular formula is C27H34O11. The van der Waals surface area contributed by atoms with Crippen LogP contribution in [-0.4, -0.2) is 92.3 Å². The van der Waals surface area contributed by atoms with Crippen LogP contribution in [0.1, 0.15) is 23.3 Å². The quantitative estimate of drug-likeness (QED) is 0.384. The van der Waals surface area contributed by atoms with E-state index in [1.807, 2.05) is 24.3 Å². The maximum atomic E-state index is 10.3. The first-order valence-electron chi connectivity index (χ1n) is 12.5. The van der Waals surface area contributed by atoms with Gasteiger partial charge in [0.15, 0.2) is 23.0 Å². The molecule has 0 aliphatic carbocycles. The predicted molar refractivity (Wildman–Crippen MR) is 131 cm³/mol. The van der Waals surface area contributed by atoms with Gasteiger partial charge in [0.05, 0.1) is 53.4 Å². The van der Waals surface area contributed by atoms with Gasteiger partial charge in [-0.3, -0.25) is 0 Å². The molecule has 9 atom stereocenters. The first kappa shape index (κ1) is 26.9. The summed E-state index contributed by atoms with van der Waals surface area (Å²) in [5.41, 5.74) is 1.88. The monoisotopic (exact) mass is 534 g/mol. The molecule has 4 N–H and O–H groups in total. The van der Waals surface area contributed by atoms with Crippen molar-refractivity contribution >= 4 is 0 Å². The fourth-order valence-electron chi connectivity index (χ4n) is 5.51. The lowest BCUT2D eigenvalue weighted by molar-refractivity contribution is -0.277. The summed E-state index contributed by atoms with van der Waals surface area (Å²) in [6.45, 7) is 0.508. The fourth-order valence-corrected chi connectivity index (χ4v) is 5.51. The smallest absolute Gasteiger partial charge is 0.229 e. The van der Waals surface area contributed by atoms with Crippen molar-refractivity contribution in [2.24, 2.45) is 11.8 Å². The number of hydrogen-bond acceptors (Lipinski definition) is 11. The van der Waals surface area contributed by atoms with Crippen LogP contribution in [-0.2, 0) is 14.2 Å². The SMILES string of the molecule is COc1ccc(C2OC[C@@H]3C(c4ccc(O[C@H]5O[C@H](CO)[C@H](O)[C@H](O)[C@H]5O)c(OC)c4)OC[C@H]23)cc1OC. The molecule has 3 aliphatic heterocycles. The van der Waals surface area contributed by atoms with Crippen LogP contribution >= 0.6 is 0 Å². The van der Waals surface area contributed by atoms with Gasteiger partial charge < -0.3 is 53.6 Å². The third-order valence-electron chi connectivity index (χ3n) is 7.61. The molecule has 208 valence electrons. The Morgan fingerprint density at radius 3 is 1.76 bits per heavy atom. The Balaban J connectivity index is 1.31. The van der Waals surface area contributed by atoms with Gasteiger partial charge in [0.2, 0.25) is 6.29 Å². The molecule has 3 heterocycles. The lowest BCUT2D eigenvalue weighted by Gasteiger charge is -2.39. The first-order valence-corrected chi connectivity index (χ1v) is 12.5. The van der Waals surface area contributed by atoms with Gasteiger partial charge in [-0.25, -0.2) is 0 Å². The highest BCUT2D eigenvalue weighted by Crippen LogP contribution is 2.51. The molecule has 0 bridgehead atoms. The molecule has 2 aromatic carbocycles. The van der Waals surface area contributed by atoms with Crippen LogP contribution in [0, 0.1) is 11.8 Å². The molecule has 11 nitrogen and oxygen atoms in total. The summed E-state index contributed by atoms with van der Waals surface area (Å²) in [5.74, 6) is 2.21. The lowest BCUT2D eigenvalue weighted by atomic mass is 9.85. The number of rotatable bonds is 8. The predicted octanol–water partition coefficient (Wildman–Crippen LogP) is 0.966. The highest BCUT2D eigenvalue weighted by Gasteiger charge is 2.49. The molecule has 0 spiro atoms. The van der Waals surface area contributed by atoms with Crippen molar-refractivity contribution in [3.05, 3.63) is 47.5 Å². The van der Waals surface area contributed by atoms with Gasteiger partial charge in [-0.2, -0.15) is 0 Å². The standard InChI is InChI=1S/C27H34O11/c1-32-17-6-4-13(8-19(17)33-2)25-15-11-36-26(16(15)12-35-25)14-5-7-18(20(9-14)34-3)37-27-24(31)23(30)22(29)21(10-28)38-27/h4-9,15-16,21-31H,10-12H2,1-3H3/t15-,16-,21+,22-,23-,24+,25?,26?,27-/m0/s1. The van der Waals surface area contributed by atoms with Crippen LogP contribution in [0.25, 0.3) is 0 Å². The third-order valence-corrected chi connectivity index (χ3v) is 7.61. The van der Waals surface area contributed by atoms with E-state index in [4.69, 9.17) is 33.2 Å². The van der Waals surface area contributed by atoms with E-state index < -0.39 is 37.3 Å². The maximum absolute atomic E-state index is 10.3. The summed E-state index contributed by atoms with van der Waals surface area (Å²) >= 11 is 0. The Morgan fingerprint density at radius 2 is 1.24 bits per heavy atom. The number of benzene rings is 2. The largest absolute Gasteiger partial charge is 0.493 e. The number of aliphatic hydroxyl groups excluding tert-OH is 4. The number of methoxy groups -OCH3 is 3. The zero-order valence-corrected chi connectivity index (χ0v) is 21.4. The van der Waals surface area contributed by atoms with Crippen LogP contribution < -0.4 is 18.9 Å². The van der Waals surface area contributed by atoms with E-state index in [0.29, 0.717) is 30.5 Å². The van der Waals surface area contributed by atoms with Crippen LogP contribution in [0.2, 0.25) is 0 Å². The number of ether oxygens (including phenoxy) is 7. The van der Waals surface area contributed by atoms with E-state index in [0.717, 1.165) is 11.1 Å². The fraction of sp³-hybridized carbons (Fsp3) is 0.556. The van der Waals surface area contributed by atoms with Gasteiger partial charge in [-0.15, -0.1) is 0 Å². The molecule has 2 aromatic rings. The normalized spacial score (nSPS) is 34.6. The highest BCUT2D eigenvalue weighted by atomic mass is 16.7. The van der Waals surface area contributed by atoms with Crippen molar-refractivity contribution in [3.8, 4) is 23.0 Å². The molecule has 11 heteroatoms. The summed E-state index contributed by atoms with van der Waals surface area (Å²) in [5, 5.41) is 39.8. The Hall–Kier alpha value is -2.64. The van der Waals surface area contributed by atoms with E-state index >= 15 is 0 Å². The molecule has 3 saturated heterocycles. The minimum Gasteiger partial charge on any atom is -0.493 e. The van der Waals surface area contributed by atoms with Crippen LogP contribution in [0.4, 0.5) is 0 Å². The summed E-state index contributed by atoms with van der Waals surface area (Å²) < 4.78 is 40.1. The van der Waals surface area contributed by atoms with Crippen LogP contribution in [0.15, 0.2) is 36.4 Å². The minimum atomic E-state index is -1.54. The average Bonchev–Trinajstić information content (AvgIpc) is 3.55. The first-order chi connectivity index (χ1) is 18.4. The molecule has 3 fully saturated rings. The topological polar surface area (TPSA) is 146 Å². The number of hydrogen-bond donors (Lipinski definition) is 4. The molecule has 38 heavy (non-hydrogen) atoms. The Labute approximate surface area is 220 Å². The summed E-state index contributed by atoms with van der Waals surface area (Å²) in [6.07, 6.45) is -7.29. The van der Waals surface area contributed by atoms with Crippen molar-refractivity contribution in [1.82, 2.24) is 0 Å². The van der Waals surface area contributed by atoms with Crippen molar-refractivity contribution in [2.75, 3.05) is 41.2 Å². The van der Waals surface area contributed by atoms with Gasteiger partial charge in [0.25, 0.3) is 0 Å². The van der Waals surface area contributed by atoms with E-state index in [9.17, 15) is 20.4 Å². The van der Waals surface area contributed by atoms with Gasteiger partial charge in [0.1, 0.15) is 24.4 Å². The second kappa shape index (κ2) is 11.2. The molecule has 2 unspecified atom stereocenters. The average molecular weight is 535 g/mol. The number of fused-ring (bicyclic) bond motifs is 1. The summed E-state index contributed by atoms with van der Waals surface area (Å²) in [6, 6.07) is 11.1. The summed E-state index contributed by atoms with van der Waals surface area (Å²) in [7, 11) is 4.69. The zero-order valence-electron chi connectivity index (χ0n) is 21.4. The molecule has 5 rings (SSSR count). The van der Waals surface area contributed by atoms with E-state index in [2.05, 4.69) is 0 Å². The van der Waals surface area contributed by atoms with Gasteiger partial charge >= 0.3 is 0 Å². The highest BCUT2D eigenvalue weighted by molar-refractivity contribution is 5.45. The molecule has 3 aliphatic rings. The van der Waals surface area contributed by atoms with E-state index in [1.54, 1.807) is 26.4 Å². The second-order valence-electron chi connectivity index (χ2n) is 9.68. The van der Waals surface area contributed by atoms with Gasteiger partial charge in [-0.1, -0.05) is 12.1 Å². The van der Waals surface area contributed by atoms with E-state index in [1.165, 1.54) is 7.11 Å². The molecule has 0 amide bonds. The molecule has 0 aromatic heterocycles. The minimum absolute atomic E-state index is 0.120. The molecule has 0 saturated carbocycles. The number of aliphatic hydroxyl groups is 4. The molecule has 0 radical (unpaired) electrons. The van der Waals surface area contributed by atoms with Crippen molar-refractivity contribution in [3.63, 3.8) is 0 Å². The van der Waals surface area contributed by atoms with Crippen LogP contribution in [0.3, 0.4) is 0 Å². The Kier molecular flexibility index (Phi) is 7.96. The van der Waals surface area contributed by atoms with E-state index in [-0.39, 0.29) is 29.8 Å². The Morgan fingerprint density at radius 1 is 0.711 bits per heavy atom. The van der Waals surface area contributed by atoms with Crippen molar-refractivity contribution in [1.29, 1.82) is 0 Å². The molecular weight excluding hydrogens is 500 g/mol. The van der Waals surface area contributed by atoms with Gasteiger partial charge in [0, 0.05) is 11.8 Å². The Bertz CT molecular complexity index is 1110. The lowest BCUT2D eigenvalue weighted by Crippen LogP contribution is -2.60. The van der Waals surface area contributed by atoms with Crippen molar-refractivity contribution in [2.45, 2.75) is 42.9 Å². The maximum Gasteiger partial charge on any atom is 0.229 e. The second-order valence-corrected chi connectivity index (χ2v) is 9.68. The van der Waals surface area contributed by atoms with Crippen LogP contribution in [0.5, 0.6) is 23.0 Å². The van der Waals surface area contributed by atoms with Gasteiger partial charge in [-0.05, 0) is 35.4 Å². The zero-order chi connectivity index (χ0) is 27.0. The third kappa shape index (κ3) is 4.79.